The summed E-state index contributed by atoms with van der Waals surface area (Å²) in [5, 5.41) is 10.1. The topological polar surface area (TPSA) is 49.2 Å². The van der Waals surface area contributed by atoms with Gasteiger partial charge in [0, 0.05) is 31.8 Å². The van der Waals surface area contributed by atoms with Crippen molar-refractivity contribution in [3.05, 3.63) is 18.3 Å². The Bertz CT molecular complexity index is 466. The van der Waals surface area contributed by atoms with Crippen LogP contribution < -0.4 is 4.90 Å². The molecule has 0 amide bonds. The van der Waals surface area contributed by atoms with Gasteiger partial charge in [-0.3, -0.25) is 0 Å². The Balaban J connectivity index is 1.89. The van der Waals surface area contributed by atoms with E-state index in [1.165, 1.54) is 0 Å². The van der Waals surface area contributed by atoms with E-state index in [1.54, 1.807) is 17.5 Å². The lowest BCUT2D eigenvalue weighted by Crippen LogP contribution is -2.20. The number of hydrogen-bond donors (Lipinski definition) is 1. The Kier molecular flexibility index (Phi) is 2.49. The second kappa shape index (κ2) is 3.99. The molecule has 0 bridgehead atoms. The molecule has 0 spiro atoms. The summed E-state index contributed by atoms with van der Waals surface area (Å²) in [5.41, 5.74) is 0.968. The Morgan fingerprint density at radius 3 is 3.25 bits per heavy atom. The van der Waals surface area contributed by atoms with E-state index in [9.17, 15) is 0 Å². The maximum Gasteiger partial charge on any atom is 0.187 e. The molecule has 0 saturated carbocycles. The first-order chi connectivity index (χ1) is 7.86. The van der Waals surface area contributed by atoms with Crippen molar-refractivity contribution in [3.63, 3.8) is 0 Å². The van der Waals surface area contributed by atoms with E-state index in [-0.39, 0.29) is 6.61 Å². The van der Waals surface area contributed by atoms with Gasteiger partial charge in [-0.25, -0.2) is 9.97 Å². The van der Waals surface area contributed by atoms with Crippen LogP contribution >= 0.6 is 11.3 Å². The Hall–Kier alpha value is -1.20. The minimum absolute atomic E-state index is 0.277. The number of thiazole rings is 1. The zero-order valence-electron chi connectivity index (χ0n) is 8.83. The van der Waals surface area contributed by atoms with E-state index in [1.807, 2.05) is 12.1 Å². The summed E-state index contributed by atoms with van der Waals surface area (Å²) in [6.07, 6.45) is 2.85. The number of pyridine rings is 1. The van der Waals surface area contributed by atoms with Gasteiger partial charge in [0.25, 0.3) is 0 Å². The molecule has 1 saturated heterocycles. The molecule has 4 nitrogen and oxygen atoms in total. The molecule has 3 heterocycles. The molecule has 3 rings (SSSR count). The monoisotopic (exact) mass is 235 g/mol. The second-order valence-corrected chi connectivity index (χ2v) is 5.06. The molecule has 2 aromatic heterocycles. The predicted octanol–water partition coefficient (Wildman–Crippen LogP) is 1.51. The highest BCUT2D eigenvalue weighted by atomic mass is 32.1. The number of aromatic nitrogens is 2. The first kappa shape index (κ1) is 9.99. The van der Waals surface area contributed by atoms with Crippen LogP contribution in [0.3, 0.4) is 0 Å². The summed E-state index contributed by atoms with van der Waals surface area (Å²) < 4.78 is 0. The first-order valence-corrected chi connectivity index (χ1v) is 6.26. The van der Waals surface area contributed by atoms with Crippen molar-refractivity contribution in [1.82, 2.24) is 9.97 Å². The van der Waals surface area contributed by atoms with Crippen molar-refractivity contribution in [2.24, 2.45) is 5.92 Å². The largest absolute Gasteiger partial charge is 0.396 e. The zero-order chi connectivity index (χ0) is 11.0. The van der Waals surface area contributed by atoms with Crippen molar-refractivity contribution in [1.29, 1.82) is 0 Å². The number of fused-ring (bicyclic) bond motifs is 1. The molecule has 0 aliphatic carbocycles. The lowest BCUT2D eigenvalue weighted by atomic mass is 10.1. The molecular weight excluding hydrogens is 222 g/mol. The SMILES string of the molecule is OC[C@H]1CCN(c2nc3cccnc3s2)C1. The van der Waals surface area contributed by atoms with E-state index in [0.717, 1.165) is 35.0 Å². The average Bonchev–Trinajstić information content (AvgIpc) is 2.95. The number of nitrogens with zero attached hydrogens (tertiary/aromatic N) is 3. The van der Waals surface area contributed by atoms with Gasteiger partial charge < -0.3 is 10.0 Å². The van der Waals surface area contributed by atoms with Crippen LogP contribution in [-0.2, 0) is 0 Å². The molecule has 2 aromatic rings. The number of aliphatic hydroxyl groups excluding tert-OH is 1. The molecule has 0 unspecified atom stereocenters. The summed E-state index contributed by atoms with van der Waals surface area (Å²) in [6.45, 7) is 2.18. The van der Waals surface area contributed by atoms with Gasteiger partial charge in [-0.2, -0.15) is 0 Å². The number of aliphatic hydroxyl groups is 1. The Morgan fingerprint density at radius 1 is 1.56 bits per heavy atom. The fraction of sp³-hybridized carbons (Fsp3) is 0.455. The number of hydrogen-bond acceptors (Lipinski definition) is 5. The normalized spacial score (nSPS) is 20.8. The lowest BCUT2D eigenvalue weighted by molar-refractivity contribution is 0.238. The van der Waals surface area contributed by atoms with Gasteiger partial charge in [-0.15, -0.1) is 0 Å². The molecule has 1 N–H and O–H groups in total. The quantitative estimate of drug-likeness (QED) is 0.857. The fourth-order valence-electron chi connectivity index (χ4n) is 2.05. The van der Waals surface area contributed by atoms with Gasteiger partial charge in [0.2, 0.25) is 0 Å². The third kappa shape index (κ3) is 1.66. The molecule has 1 aliphatic heterocycles. The van der Waals surface area contributed by atoms with Crippen LogP contribution in [0.5, 0.6) is 0 Å². The van der Waals surface area contributed by atoms with Crippen molar-refractivity contribution in [2.45, 2.75) is 6.42 Å². The maximum absolute atomic E-state index is 9.11. The van der Waals surface area contributed by atoms with Crippen molar-refractivity contribution >= 4 is 26.8 Å². The molecule has 0 aromatic carbocycles. The molecule has 16 heavy (non-hydrogen) atoms. The molecule has 1 atom stereocenters. The minimum Gasteiger partial charge on any atom is -0.396 e. The minimum atomic E-state index is 0.277. The molecule has 1 fully saturated rings. The highest BCUT2D eigenvalue weighted by molar-refractivity contribution is 7.21. The van der Waals surface area contributed by atoms with Crippen LogP contribution in [0, 0.1) is 5.92 Å². The van der Waals surface area contributed by atoms with Gasteiger partial charge >= 0.3 is 0 Å². The fourth-order valence-corrected chi connectivity index (χ4v) is 2.99. The van der Waals surface area contributed by atoms with Gasteiger partial charge in [0.1, 0.15) is 10.3 Å². The average molecular weight is 235 g/mol. The lowest BCUT2D eigenvalue weighted by Gasteiger charge is -2.13. The van der Waals surface area contributed by atoms with Crippen molar-refractivity contribution in [2.75, 3.05) is 24.6 Å². The predicted molar refractivity (Wildman–Crippen MR) is 64.8 cm³/mol. The Morgan fingerprint density at radius 2 is 2.50 bits per heavy atom. The molecule has 5 heteroatoms. The summed E-state index contributed by atoms with van der Waals surface area (Å²) in [7, 11) is 0. The van der Waals surface area contributed by atoms with E-state index in [2.05, 4.69) is 14.9 Å². The van der Waals surface area contributed by atoms with E-state index >= 15 is 0 Å². The number of anilines is 1. The van der Waals surface area contributed by atoms with Gasteiger partial charge in [-0.05, 0) is 18.6 Å². The summed E-state index contributed by atoms with van der Waals surface area (Å²) in [5.74, 6) is 0.403. The molecule has 84 valence electrons. The highest BCUT2D eigenvalue weighted by Crippen LogP contribution is 2.30. The smallest absolute Gasteiger partial charge is 0.187 e. The highest BCUT2D eigenvalue weighted by Gasteiger charge is 2.24. The van der Waals surface area contributed by atoms with Gasteiger partial charge in [0.05, 0.1) is 0 Å². The summed E-state index contributed by atoms with van der Waals surface area (Å²) in [6, 6.07) is 3.90. The third-order valence-electron chi connectivity index (χ3n) is 2.97. The summed E-state index contributed by atoms with van der Waals surface area (Å²) in [4.78, 5) is 12.1. The van der Waals surface area contributed by atoms with Crippen LogP contribution in [0.1, 0.15) is 6.42 Å². The molecule has 1 aliphatic rings. The van der Waals surface area contributed by atoms with Crippen LogP contribution in [0.25, 0.3) is 10.3 Å². The van der Waals surface area contributed by atoms with Crippen LogP contribution in [-0.4, -0.2) is 34.8 Å². The van der Waals surface area contributed by atoms with Crippen LogP contribution in [0.2, 0.25) is 0 Å². The number of rotatable bonds is 2. The van der Waals surface area contributed by atoms with Crippen molar-refractivity contribution < 1.29 is 5.11 Å². The van der Waals surface area contributed by atoms with E-state index in [0.29, 0.717) is 5.92 Å². The van der Waals surface area contributed by atoms with E-state index in [4.69, 9.17) is 5.11 Å². The maximum atomic E-state index is 9.11. The van der Waals surface area contributed by atoms with Crippen LogP contribution in [0.4, 0.5) is 5.13 Å². The third-order valence-corrected chi connectivity index (χ3v) is 4.01. The second-order valence-electron chi connectivity index (χ2n) is 4.11. The Labute approximate surface area is 97.6 Å². The van der Waals surface area contributed by atoms with E-state index < -0.39 is 0 Å². The molecule has 0 radical (unpaired) electrons. The zero-order valence-corrected chi connectivity index (χ0v) is 9.65. The summed E-state index contributed by atoms with van der Waals surface area (Å²) >= 11 is 1.63. The standard InChI is InChI=1S/C11H13N3OS/c15-7-8-3-5-14(6-8)11-13-9-2-1-4-12-10(9)16-11/h1-2,4,8,15H,3,5-7H2/t8-/m0/s1. The van der Waals surface area contributed by atoms with Crippen LogP contribution in [0.15, 0.2) is 18.3 Å². The van der Waals surface area contributed by atoms with Gasteiger partial charge in [0.15, 0.2) is 5.13 Å². The first-order valence-electron chi connectivity index (χ1n) is 5.44. The van der Waals surface area contributed by atoms with Crippen molar-refractivity contribution in [3.8, 4) is 0 Å². The van der Waals surface area contributed by atoms with Gasteiger partial charge in [-0.1, -0.05) is 11.3 Å². The molecular formula is C11H13N3OS.